The van der Waals surface area contributed by atoms with Gasteiger partial charge in [-0.1, -0.05) is 50.0 Å². The highest BCUT2D eigenvalue weighted by Crippen LogP contribution is 2.41. The molecule has 0 spiro atoms. The van der Waals surface area contributed by atoms with Crippen LogP contribution in [0.3, 0.4) is 0 Å². The third-order valence-electron chi connectivity index (χ3n) is 10.1. The molecule has 38 heavy (non-hydrogen) atoms. The van der Waals surface area contributed by atoms with Crippen molar-refractivity contribution in [1.29, 1.82) is 0 Å². The Morgan fingerprint density at radius 2 is 0.763 bits per heavy atom. The lowest BCUT2D eigenvalue weighted by molar-refractivity contribution is -0.297. The highest BCUT2D eigenvalue weighted by Gasteiger charge is 2.44. The summed E-state index contributed by atoms with van der Waals surface area (Å²) in [5, 5.41) is 4.71. The highest BCUT2D eigenvalue weighted by atomic mass is 16.7. The summed E-state index contributed by atoms with van der Waals surface area (Å²) in [7, 11) is 0. The molecule has 4 atom stereocenters. The van der Waals surface area contributed by atoms with Gasteiger partial charge in [0.2, 0.25) is 0 Å². The molecule has 2 saturated heterocycles. The molecule has 0 saturated carbocycles. The SMILES string of the molecule is CC1(C)CCCC(C)(C)N1O[C@@H]1/C=C\[C@H]([C@H]2/C=C\[C@@H](ON3C(C)(C)CCCC3(C)C)CCCC2)CCCC1. The lowest BCUT2D eigenvalue weighted by atomic mass is 9.80. The summed E-state index contributed by atoms with van der Waals surface area (Å²) in [5.41, 5.74) is 0.358. The number of allylic oxidation sites excluding steroid dienone is 2. The molecule has 4 aliphatic rings. The zero-order valence-corrected chi connectivity index (χ0v) is 26.2. The van der Waals surface area contributed by atoms with Gasteiger partial charge in [-0.05, 0) is 131 Å². The van der Waals surface area contributed by atoms with Gasteiger partial charge in [-0.3, -0.25) is 9.68 Å². The lowest BCUT2D eigenvalue weighted by Gasteiger charge is -2.52. The second-order valence-corrected chi connectivity index (χ2v) is 15.5. The van der Waals surface area contributed by atoms with E-state index in [0.29, 0.717) is 11.8 Å². The van der Waals surface area contributed by atoms with Gasteiger partial charge < -0.3 is 0 Å². The number of hydrogen-bond acceptors (Lipinski definition) is 4. The standard InChI is InChI=1S/C34H60N2O2/c1-31(2)23-13-24-32(3,4)35(31)37-29-17-11-9-15-27(19-21-29)28-16-10-12-18-30(22-20-28)38-36-33(5,6)25-14-26-34(36,7)8/h19-22,27-30H,9-18,23-26H2,1-8H3/b21-19-,22-20-/t27-,28-,29+,30+/m1/s1. The second-order valence-electron chi connectivity index (χ2n) is 15.5. The van der Waals surface area contributed by atoms with Crippen LogP contribution in [0.15, 0.2) is 24.3 Å². The van der Waals surface area contributed by atoms with Crippen LogP contribution < -0.4 is 0 Å². The minimum absolute atomic E-state index is 0.0894. The van der Waals surface area contributed by atoms with Crippen molar-refractivity contribution < 1.29 is 9.68 Å². The van der Waals surface area contributed by atoms with Gasteiger partial charge in [0.05, 0.1) is 12.2 Å². The molecule has 0 aromatic heterocycles. The van der Waals surface area contributed by atoms with Crippen molar-refractivity contribution >= 4 is 0 Å². The van der Waals surface area contributed by atoms with Gasteiger partial charge in [-0.15, -0.1) is 0 Å². The zero-order valence-electron chi connectivity index (χ0n) is 26.2. The van der Waals surface area contributed by atoms with Crippen LogP contribution in [0, 0.1) is 11.8 Å². The van der Waals surface area contributed by atoms with E-state index in [-0.39, 0.29) is 34.4 Å². The monoisotopic (exact) mass is 528 g/mol. The summed E-state index contributed by atoms with van der Waals surface area (Å²) < 4.78 is 0. The summed E-state index contributed by atoms with van der Waals surface area (Å²) >= 11 is 0. The summed E-state index contributed by atoms with van der Waals surface area (Å²) in [4.78, 5) is 13.6. The van der Waals surface area contributed by atoms with Crippen molar-refractivity contribution in [2.75, 3.05) is 0 Å². The van der Waals surface area contributed by atoms with Crippen molar-refractivity contribution in [3.8, 4) is 0 Å². The van der Waals surface area contributed by atoms with Gasteiger partial charge >= 0.3 is 0 Å². The topological polar surface area (TPSA) is 24.9 Å². The average Bonchev–Trinajstić information content (AvgIpc) is 2.76. The average molecular weight is 529 g/mol. The van der Waals surface area contributed by atoms with Crippen LogP contribution in [-0.2, 0) is 9.68 Å². The molecular weight excluding hydrogens is 468 g/mol. The van der Waals surface area contributed by atoms with Gasteiger partial charge in [0.25, 0.3) is 0 Å². The van der Waals surface area contributed by atoms with Crippen molar-refractivity contribution in [1.82, 2.24) is 10.1 Å². The first-order valence-corrected chi connectivity index (χ1v) is 16.1. The maximum atomic E-state index is 6.82. The fourth-order valence-electron chi connectivity index (χ4n) is 8.05. The highest BCUT2D eigenvalue weighted by molar-refractivity contribution is 5.06. The van der Waals surface area contributed by atoms with E-state index in [9.17, 15) is 0 Å². The number of hydroxylamine groups is 4. The van der Waals surface area contributed by atoms with Crippen molar-refractivity contribution in [2.45, 2.75) is 180 Å². The van der Waals surface area contributed by atoms with Crippen LogP contribution in [0.2, 0.25) is 0 Å². The van der Waals surface area contributed by atoms with Crippen LogP contribution in [0.1, 0.15) is 145 Å². The Kier molecular flexibility index (Phi) is 9.60. The van der Waals surface area contributed by atoms with Crippen LogP contribution in [0.5, 0.6) is 0 Å². The van der Waals surface area contributed by atoms with E-state index in [0.717, 1.165) is 12.8 Å². The minimum Gasteiger partial charge on any atom is -0.291 e. The van der Waals surface area contributed by atoms with E-state index in [1.165, 1.54) is 77.0 Å². The Morgan fingerprint density at radius 1 is 0.447 bits per heavy atom. The van der Waals surface area contributed by atoms with E-state index in [4.69, 9.17) is 9.68 Å². The molecule has 2 aliphatic carbocycles. The predicted molar refractivity (Wildman–Crippen MR) is 160 cm³/mol. The molecule has 0 N–H and O–H groups in total. The van der Waals surface area contributed by atoms with Crippen molar-refractivity contribution in [2.24, 2.45) is 11.8 Å². The van der Waals surface area contributed by atoms with Gasteiger partial charge in [-0.2, -0.15) is 10.1 Å². The minimum atomic E-state index is 0.0894. The molecular formula is C34H60N2O2. The number of rotatable bonds is 5. The molecule has 0 aromatic rings. The van der Waals surface area contributed by atoms with Gasteiger partial charge in [-0.25, -0.2) is 0 Å². The summed E-state index contributed by atoms with van der Waals surface area (Å²) in [5.74, 6) is 1.20. The first-order valence-electron chi connectivity index (χ1n) is 16.1. The van der Waals surface area contributed by atoms with E-state index in [1.54, 1.807) is 0 Å². The zero-order chi connectivity index (χ0) is 27.6. The van der Waals surface area contributed by atoms with Crippen LogP contribution in [0.25, 0.3) is 0 Å². The molecule has 2 aliphatic heterocycles. The molecule has 218 valence electrons. The quantitative estimate of drug-likeness (QED) is 0.332. The summed E-state index contributed by atoms with van der Waals surface area (Å²) in [6.45, 7) is 18.8. The number of nitrogens with zero attached hydrogens (tertiary/aromatic N) is 2. The van der Waals surface area contributed by atoms with E-state index in [2.05, 4.69) is 89.8 Å². The van der Waals surface area contributed by atoms with E-state index < -0.39 is 0 Å². The molecule has 0 amide bonds. The first-order chi connectivity index (χ1) is 17.8. The van der Waals surface area contributed by atoms with Crippen LogP contribution in [0.4, 0.5) is 0 Å². The maximum absolute atomic E-state index is 6.82. The van der Waals surface area contributed by atoms with Gasteiger partial charge in [0.15, 0.2) is 0 Å². The Labute approximate surface area is 235 Å². The lowest BCUT2D eigenvalue weighted by Crippen LogP contribution is -2.59. The molecule has 4 rings (SSSR count). The van der Waals surface area contributed by atoms with Gasteiger partial charge in [0, 0.05) is 22.2 Å². The fraction of sp³-hybridized carbons (Fsp3) is 0.882. The predicted octanol–water partition coefficient (Wildman–Crippen LogP) is 9.17. The Hall–Kier alpha value is -0.680. The van der Waals surface area contributed by atoms with E-state index in [1.807, 2.05) is 0 Å². The fourth-order valence-corrected chi connectivity index (χ4v) is 8.05. The molecule has 2 heterocycles. The van der Waals surface area contributed by atoms with Crippen molar-refractivity contribution in [3.63, 3.8) is 0 Å². The van der Waals surface area contributed by atoms with E-state index >= 15 is 0 Å². The Balaban J connectivity index is 1.43. The molecule has 0 bridgehead atoms. The normalized spacial score (nSPS) is 37.8. The summed E-state index contributed by atoms with van der Waals surface area (Å²) in [6, 6.07) is 0. The molecule has 0 aromatic carbocycles. The first kappa shape index (κ1) is 30.3. The third kappa shape index (κ3) is 7.33. The molecule has 2 fully saturated rings. The van der Waals surface area contributed by atoms with Crippen LogP contribution in [-0.4, -0.2) is 44.5 Å². The number of hydrogen-bond donors (Lipinski definition) is 0. The molecule has 0 unspecified atom stereocenters. The van der Waals surface area contributed by atoms with Gasteiger partial charge in [0.1, 0.15) is 0 Å². The van der Waals surface area contributed by atoms with Crippen molar-refractivity contribution in [3.05, 3.63) is 24.3 Å². The summed E-state index contributed by atoms with van der Waals surface area (Å²) in [6.07, 6.45) is 27.6. The van der Waals surface area contributed by atoms with Crippen LogP contribution >= 0.6 is 0 Å². The third-order valence-corrected chi connectivity index (χ3v) is 10.1. The Morgan fingerprint density at radius 3 is 1.11 bits per heavy atom. The molecule has 4 nitrogen and oxygen atoms in total. The smallest absolute Gasteiger partial charge is 0.0974 e. The molecule has 0 radical (unpaired) electrons. The second kappa shape index (κ2) is 12.0. The molecule has 4 heteroatoms. The maximum Gasteiger partial charge on any atom is 0.0974 e. The number of piperidine rings is 2. The Bertz CT molecular complexity index is 726. The largest absolute Gasteiger partial charge is 0.291 e.